The zero-order valence-corrected chi connectivity index (χ0v) is 16.6. The van der Waals surface area contributed by atoms with Crippen molar-refractivity contribution in [3.63, 3.8) is 0 Å². The van der Waals surface area contributed by atoms with Gasteiger partial charge in [0.1, 0.15) is 11.5 Å². The van der Waals surface area contributed by atoms with E-state index >= 15 is 0 Å². The van der Waals surface area contributed by atoms with Crippen molar-refractivity contribution in [2.45, 2.75) is 26.4 Å². The van der Waals surface area contributed by atoms with Gasteiger partial charge in [0.05, 0.1) is 18.7 Å². The molecule has 146 valence electrons. The highest BCUT2D eigenvalue weighted by Crippen LogP contribution is 2.34. The maximum Gasteiger partial charge on any atom is 0.259 e. The fraction of sp³-hybridized carbons (Fsp3) is 0.476. The molecule has 1 aromatic carbocycles. The largest absolute Gasteiger partial charge is 0.507 e. The minimum atomic E-state index is -0.306. The molecule has 0 aliphatic carbocycles. The molecule has 0 saturated carbocycles. The first-order chi connectivity index (χ1) is 13.0. The van der Waals surface area contributed by atoms with Gasteiger partial charge in [-0.2, -0.15) is 0 Å². The van der Waals surface area contributed by atoms with Gasteiger partial charge in [0.15, 0.2) is 0 Å². The van der Waals surface area contributed by atoms with Crippen LogP contribution in [0.2, 0.25) is 0 Å². The van der Waals surface area contributed by atoms with Crippen molar-refractivity contribution in [2.75, 3.05) is 40.3 Å². The highest BCUT2D eigenvalue weighted by molar-refractivity contribution is 5.43. The van der Waals surface area contributed by atoms with Crippen LogP contribution in [0.4, 0.5) is 0 Å². The van der Waals surface area contributed by atoms with Crippen LogP contribution < -0.4 is 10.3 Å². The molecule has 1 unspecified atom stereocenters. The topological polar surface area (TPSA) is 57.9 Å². The van der Waals surface area contributed by atoms with Crippen molar-refractivity contribution in [1.82, 2.24) is 14.4 Å². The first-order valence-electron chi connectivity index (χ1n) is 9.46. The molecule has 1 saturated heterocycles. The summed E-state index contributed by atoms with van der Waals surface area (Å²) >= 11 is 0. The van der Waals surface area contributed by atoms with E-state index in [0.29, 0.717) is 12.1 Å². The summed E-state index contributed by atoms with van der Waals surface area (Å²) < 4.78 is 7.12. The number of methoxy groups -OCH3 is 1. The van der Waals surface area contributed by atoms with Crippen LogP contribution in [0.3, 0.4) is 0 Å². The fourth-order valence-corrected chi connectivity index (χ4v) is 3.87. The lowest BCUT2D eigenvalue weighted by atomic mass is 9.95. The summed E-state index contributed by atoms with van der Waals surface area (Å²) in [4.78, 5) is 17.8. The molecule has 6 nitrogen and oxygen atoms in total. The molecule has 1 aromatic heterocycles. The Morgan fingerprint density at radius 3 is 2.52 bits per heavy atom. The number of aryl methyl sites for hydroxylation is 1. The van der Waals surface area contributed by atoms with Crippen LogP contribution in [0.15, 0.2) is 35.1 Å². The van der Waals surface area contributed by atoms with E-state index in [0.717, 1.165) is 43.2 Å². The van der Waals surface area contributed by atoms with Crippen molar-refractivity contribution in [3.8, 4) is 11.5 Å². The molecule has 0 radical (unpaired) electrons. The second kappa shape index (κ2) is 8.15. The van der Waals surface area contributed by atoms with Crippen LogP contribution in [0, 0.1) is 6.92 Å². The van der Waals surface area contributed by atoms with E-state index in [1.54, 1.807) is 17.7 Å². The number of piperazine rings is 1. The van der Waals surface area contributed by atoms with Gasteiger partial charge in [-0.25, -0.2) is 0 Å². The third-order valence-electron chi connectivity index (χ3n) is 5.43. The predicted molar refractivity (Wildman–Crippen MR) is 107 cm³/mol. The zero-order valence-electron chi connectivity index (χ0n) is 16.6. The minimum Gasteiger partial charge on any atom is -0.507 e. The summed E-state index contributed by atoms with van der Waals surface area (Å²) in [5.74, 6) is 0.808. The van der Waals surface area contributed by atoms with Gasteiger partial charge in [0.25, 0.3) is 5.56 Å². The summed E-state index contributed by atoms with van der Waals surface area (Å²) in [7, 11) is 3.74. The molecular weight excluding hydrogens is 342 g/mol. The molecule has 1 fully saturated rings. The Labute approximate surface area is 160 Å². The molecule has 6 heteroatoms. The van der Waals surface area contributed by atoms with Gasteiger partial charge >= 0.3 is 0 Å². The maximum atomic E-state index is 13.3. The quantitative estimate of drug-likeness (QED) is 0.873. The summed E-state index contributed by atoms with van der Waals surface area (Å²) in [6, 6.07) is 9.17. The van der Waals surface area contributed by atoms with Gasteiger partial charge in [-0.1, -0.05) is 12.1 Å². The summed E-state index contributed by atoms with van der Waals surface area (Å²) in [6.45, 7) is 7.89. The van der Waals surface area contributed by atoms with Crippen molar-refractivity contribution < 1.29 is 9.84 Å². The minimum absolute atomic E-state index is 0.0638. The van der Waals surface area contributed by atoms with Gasteiger partial charge in [-0.3, -0.25) is 9.69 Å². The lowest BCUT2D eigenvalue weighted by Crippen LogP contribution is -2.47. The molecule has 0 amide bonds. The number of likely N-dealkylation sites (N-methyl/N-ethyl adjacent to an activating group) is 1. The second-order valence-electron chi connectivity index (χ2n) is 7.15. The van der Waals surface area contributed by atoms with E-state index in [4.69, 9.17) is 4.74 Å². The van der Waals surface area contributed by atoms with E-state index in [9.17, 15) is 9.90 Å². The molecule has 1 aliphatic rings. The summed E-state index contributed by atoms with van der Waals surface area (Å²) in [6.07, 6.45) is 0. The third-order valence-corrected chi connectivity index (χ3v) is 5.43. The zero-order chi connectivity index (χ0) is 19.6. The predicted octanol–water partition coefficient (Wildman–Crippen LogP) is 2.23. The normalized spacial score (nSPS) is 17.0. The molecule has 1 aliphatic heterocycles. The van der Waals surface area contributed by atoms with Crippen LogP contribution in [0.1, 0.15) is 29.8 Å². The summed E-state index contributed by atoms with van der Waals surface area (Å²) in [5, 5.41) is 10.8. The number of hydrogen-bond acceptors (Lipinski definition) is 5. The van der Waals surface area contributed by atoms with Gasteiger partial charge in [-0.05, 0) is 44.7 Å². The average molecular weight is 371 g/mol. The molecular formula is C21H29N3O3. The van der Waals surface area contributed by atoms with E-state index in [1.165, 1.54) is 0 Å². The lowest BCUT2D eigenvalue weighted by Gasteiger charge is -2.38. The van der Waals surface area contributed by atoms with Crippen molar-refractivity contribution >= 4 is 0 Å². The van der Waals surface area contributed by atoms with E-state index < -0.39 is 0 Å². The SMILES string of the molecule is CCn1c(C)cc(O)c(C(c2cccc(OC)c2)N2CCN(C)CC2)c1=O. The number of aromatic nitrogens is 1. The van der Waals surface area contributed by atoms with Crippen LogP contribution >= 0.6 is 0 Å². The van der Waals surface area contributed by atoms with Crippen molar-refractivity contribution in [3.05, 3.63) is 57.5 Å². The van der Waals surface area contributed by atoms with Crippen LogP contribution in [-0.4, -0.2) is 59.8 Å². The lowest BCUT2D eigenvalue weighted by molar-refractivity contribution is 0.125. The van der Waals surface area contributed by atoms with Crippen LogP contribution in [0.25, 0.3) is 0 Å². The second-order valence-corrected chi connectivity index (χ2v) is 7.15. The standard InChI is InChI=1S/C21H29N3O3/c1-5-24-15(2)13-18(25)19(21(24)26)20(23-11-9-22(3)10-12-23)16-7-6-8-17(14-16)27-4/h6-8,13-14,20,25H,5,9-12H2,1-4H3. The molecule has 2 aromatic rings. The average Bonchev–Trinajstić information content (AvgIpc) is 2.66. The van der Waals surface area contributed by atoms with Crippen molar-refractivity contribution in [1.29, 1.82) is 0 Å². The summed E-state index contributed by atoms with van der Waals surface area (Å²) in [5.41, 5.74) is 2.05. The smallest absolute Gasteiger partial charge is 0.259 e. The van der Waals surface area contributed by atoms with Gasteiger partial charge < -0.3 is 19.3 Å². The van der Waals surface area contributed by atoms with E-state index in [2.05, 4.69) is 16.8 Å². The number of ether oxygens (including phenoxy) is 1. The van der Waals surface area contributed by atoms with Crippen LogP contribution in [0.5, 0.6) is 11.5 Å². The Hall–Kier alpha value is -2.31. The Morgan fingerprint density at radius 1 is 1.19 bits per heavy atom. The molecule has 1 atom stereocenters. The number of nitrogens with zero attached hydrogens (tertiary/aromatic N) is 3. The number of pyridine rings is 1. The Balaban J connectivity index is 2.17. The first-order valence-corrected chi connectivity index (χ1v) is 9.46. The first kappa shape index (κ1) is 19.5. The molecule has 0 spiro atoms. The third kappa shape index (κ3) is 3.87. The van der Waals surface area contributed by atoms with Gasteiger partial charge in [0, 0.05) is 38.4 Å². The van der Waals surface area contributed by atoms with E-state index in [-0.39, 0.29) is 17.4 Å². The molecule has 3 rings (SSSR count). The molecule has 2 heterocycles. The molecule has 0 bridgehead atoms. The number of rotatable bonds is 5. The number of benzene rings is 1. The fourth-order valence-electron chi connectivity index (χ4n) is 3.87. The monoisotopic (exact) mass is 371 g/mol. The number of aromatic hydroxyl groups is 1. The van der Waals surface area contributed by atoms with Crippen molar-refractivity contribution in [2.24, 2.45) is 0 Å². The number of hydrogen-bond donors (Lipinski definition) is 1. The Kier molecular flexibility index (Phi) is 5.87. The van der Waals surface area contributed by atoms with Gasteiger partial charge in [0.2, 0.25) is 0 Å². The van der Waals surface area contributed by atoms with Crippen LogP contribution in [-0.2, 0) is 6.54 Å². The maximum absolute atomic E-state index is 13.3. The molecule has 27 heavy (non-hydrogen) atoms. The Bertz CT molecular complexity index is 854. The highest BCUT2D eigenvalue weighted by Gasteiger charge is 2.31. The highest BCUT2D eigenvalue weighted by atomic mass is 16.5. The van der Waals surface area contributed by atoms with E-state index in [1.807, 2.05) is 38.1 Å². The van der Waals surface area contributed by atoms with Gasteiger partial charge in [-0.15, -0.1) is 0 Å². The molecule has 1 N–H and O–H groups in total. The Morgan fingerprint density at radius 2 is 1.89 bits per heavy atom.